The Hall–Kier alpha value is -2.77. The number of aromatic nitrogens is 1. The second kappa shape index (κ2) is 10.0. The second-order valence-electron chi connectivity index (χ2n) is 7.76. The number of carbonyl (C=O) groups excluding carboxylic acids is 2. The molecule has 0 saturated carbocycles. The van der Waals surface area contributed by atoms with E-state index in [1.54, 1.807) is 42.5 Å². The molecule has 1 aliphatic rings. The summed E-state index contributed by atoms with van der Waals surface area (Å²) < 4.78 is 6.92. The predicted molar refractivity (Wildman–Crippen MR) is 123 cm³/mol. The molecule has 1 amide bonds. The van der Waals surface area contributed by atoms with E-state index in [-0.39, 0.29) is 11.7 Å². The van der Waals surface area contributed by atoms with Gasteiger partial charge in [-0.1, -0.05) is 12.1 Å². The van der Waals surface area contributed by atoms with Crippen LogP contribution in [0.5, 0.6) is 5.75 Å². The summed E-state index contributed by atoms with van der Waals surface area (Å²) in [5.41, 5.74) is 1.73. The predicted octanol–water partition coefficient (Wildman–Crippen LogP) is 4.00. The number of fused-ring (bicyclic) bond motifs is 1. The van der Waals surface area contributed by atoms with Gasteiger partial charge in [-0.3, -0.25) is 14.5 Å². The van der Waals surface area contributed by atoms with Gasteiger partial charge in [-0.05, 0) is 49.7 Å². The zero-order valence-corrected chi connectivity index (χ0v) is 18.6. The van der Waals surface area contributed by atoms with Gasteiger partial charge in [-0.2, -0.15) is 0 Å². The number of piperazine rings is 1. The summed E-state index contributed by atoms with van der Waals surface area (Å²) >= 11 is 1.75. The fraction of sp³-hybridized carbons (Fsp3) is 0.375. The SMILES string of the molecule is CC(=O)c1ccc(OCCCC(=O)N2CCN(Cc3nc4ccccc4s3)CC2)cc1. The molecule has 0 spiro atoms. The first-order valence-corrected chi connectivity index (χ1v) is 11.5. The molecule has 7 heteroatoms. The molecular formula is C24H27N3O3S. The number of benzene rings is 2. The van der Waals surface area contributed by atoms with Gasteiger partial charge in [0.25, 0.3) is 0 Å². The molecule has 0 unspecified atom stereocenters. The number of amides is 1. The molecular weight excluding hydrogens is 410 g/mol. The van der Waals surface area contributed by atoms with Crippen molar-refractivity contribution in [3.63, 3.8) is 0 Å². The first kappa shape index (κ1) is 21.5. The van der Waals surface area contributed by atoms with Crippen molar-refractivity contribution in [3.05, 3.63) is 59.1 Å². The van der Waals surface area contributed by atoms with Crippen molar-refractivity contribution in [2.45, 2.75) is 26.3 Å². The molecule has 4 rings (SSSR count). The Kier molecular flexibility index (Phi) is 6.94. The van der Waals surface area contributed by atoms with E-state index in [0.29, 0.717) is 25.0 Å². The lowest BCUT2D eigenvalue weighted by atomic mass is 10.1. The maximum absolute atomic E-state index is 12.5. The van der Waals surface area contributed by atoms with Gasteiger partial charge < -0.3 is 9.64 Å². The number of hydrogen-bond acceptors (Lipinski definition) is 6. The van der Waals surface area contributed by atoms with Gasteiger partial charge in [-0.15, -0.1) is 11.3 Å². The third-order valence-electron chi connectivity index (χ3n) is 5.49. The molecule has 1 aliphatic heterocycles. The van der Waals surface area contributed by atoms with Crippen LogP contribution in [0.1, 0.15) is 35.1 Å². The molecule has 3 aromatic rings. The minimum Gasteiger partial charge on any atom is -0.494 e. The van der Waals surface area contributed by atoms with Crippen molar-refractivity contribution in [3.8, 4) is 5.75 Å². The fourth-order valence-electron chi connectivity index (χ4n) is 3.69. The smallest absolute Gasteiger partial charge is 0.222 e. The Labute approximate surface area is 186 Å². The molecule has 2 aromatic carbocycles. The van der Waals surface area contributed by atoms with Gasteiger partial charge in [0.1, 0.15) is 10.8 Å². The lowest BCUT2D eigenvalue weighted by Crippen LogP contribution is -2.48. The topological polar surface area (TPSA) is 62.7 Å². The van der Waals surface area contributed by atoms with Crippen LogP contribution in [0.2, 0.25) is 0 Å². The van der Waals surface area contributed by atoms with E-state index in [2.05, 4.69) is 17.0 Å². The number of nitrogens with zero attached hydrogens (tertiary/aromatic N) is 3. The van der Waals surface area contributed by atoms with Gasteiger partial charge in [0, 0.05) is 38.2 Å². The van der Waals surface area contributed by atoms with Gasteiger partial charge >= 0.3 is 0 Å². The lowest BCUT2D eigenvalue weighted by Gasteiger charge is -2.34. The van der Waals surface area contributed by atoms with Crippen molar-refractivity contribution in [1.82, 2.24) is 14.8 Å². The van der Waals surface area contributed by atoms with Crippen LogP contribution in [0.4, 0.5) is 0 Å². The Morgan fingerprint density at radius 3 is 2.48 bits per heavy atom. The van der Waals surface area contributed by atoms with E-state index in [9.17, 15) is 9.59 Å². The van der Waals surface area contributed by atoms with Gasteiger partial charge in [0.15, 0.2) is 5.78 Å². The maximum Gasteiger partial charge on any atom is 0.222 e. The lowest BCUT2D eigenvalue weighted by molar-refractivity contribution is -0.133. The van der Waals surface area contributed by atoms with Crippen LogP contribution in [0.3, 0.4) is 0 Å². The number of para-hydroxylation sites is 1. The summed E-state index contributed by atoms with van der Waals surface area (Å²) in [5, 5.41) is 1.13. The summed E-state index contributed by atoms with van der Waals surface area (Å²) in [4.78, 5) is 32.9. The number of hydrogen-bond donors (Lipinski definition) is 0. The number of ether oxygens (including phenoxy) is 1. The Bertz CT molecular complexity index is 1010. The van der Waals surface area contributed by atoms with E-state index in [1.165, 1.54) is 4.70 Å². The quantitative estimate of drug-likeness (QED) is 0.394. The first-order chi connectivity index (χ1) is 15.1. The summed E-state index contributed by atoms with van der Waals surface area (Å²) in [6, 6.07) is 15.3. The third kappa shape index (κ3) is 5.68. The minimum atomic E-state index is 0.0392. The van der Waals surface area contributed by atoms with Crippen LogP contribution in [-0.2, 0) is 11.3 Å². The van der Waals surface area contributed by atoms with Crippen molar-refractivity contribution < 1.29 is 14.3 Å². The molecule has 0 atom stereocenters. The van der Waals surface area contributed by atoms with Crippen LogP contribution < -0.4 is 4.74 Å². The summed E-state index contributed by atoms with van der Waals surface area (Å²) in [5.74, 6) is 0.952. The van der Waals surface area contributed by atoms with Gasteiger partial charge in [0.2, 0.25) is 5.91 Å². The Morgan fingerprint density at radius 2 is 1.77 bits per heavy atom. The summed E-state index contributed by atoms with van der Waals surface area (Å²) in [6.45, 7) is 6.15. The third-order valence-corrected chi connectivity index (χ3v) is 6.51. The van der Waals surface area contributed by atoms with E-state index in [1.807, 2.05) is 17.0 Å². The normalized spacial score (nSPS) is 14.7. The van der Waals surface area contributed by atoms with Crippen molar-refractivity contribution >= 4 is 33.2 Å². The zero-order chi connectivity index (χ0) is 21.6. The molecule has 1 aromatic heterocycles. The van der Waals surface area contributed by atoms with E-state index < -0.39 is 0 Å². The molecule has 2 heterocycles. The number of ketones is 1. The van der Waals surface area contributed by atoms with E-state index in [4.69, 9.17) is 9.72 Å². The number of Topliss-reactive ketones (excluding diaryl/α,β-unsaturated/α-hetero) is 1. The second-order valence-corrected chi connectivity index (χ2v) is 8.88. The number of rotatable bonds is 8. The Morgan fingerprint density at radius 1 is 1.03 bits per heavy atom. The molecule has 162 valence electrons. The van der Waals surface area contributed by atoms with Gasteiger partial charge in [-0.25, -0.2) is 4.98 Å². The molecule has 0 N–H and O–H groups in total. The molecule has 0 radical (unpaired) electrons. The highest BCUT2D eigenvalue weighted by molar-refractivity contribution is 7.18. The van der Waals surface area contributed by atoms with Crippen LogP contribution in [0.25, 0.3) is 10.2 Å². The number of carbonyl (C=O) groups is 2. The highest BCUT2D eigenvalue weighted by Crippen LogP contribution is 2.23. The maximum atomic E-state index is 12.5. The van der Waals surface area contributed by atoms with Crippen molar-refractivity contribution in [2.75, 3.05) is 32.8 Å². The fourth-order valence-corrected chi connectivity index (χ4v) is 4.70. The molecule has 0 aliphatic carbocycles. The molecule has 6 nitrogen and oxygen atoms in total. The van der Waals surface area contributed by atoms with E-state index >= 15 is 0 Å². The summed E-state index contributed by atoms with van der Waals surface area (Å²) in [6.07, 6.45) is 1.17. The van der Waals surface area contributed by atoms with Crippen molar-refractivity contribution in [1.29, 1.82) is 0 Å². The van der Waals surface area contributed by atoms with Crippen LogP contribution in [0, 0.1) is 0 Å². The molecule has 31 heavy (non-hydrogen) atoms. The zero-order valence-electron chi connectivity index (χ0n) is 17.8. The van der Waals surface area contributed by atoms with Crippen molar-refractivity contribution in [2.24, 2.45) is 0 Å². The molecule has 0 bridgehead atoms. The highest BCUT2D eigenvalue weighted by Gasteiger charge is 2.21. The number of thiazole rings is 1. The van der Waals surface area contributed by atoms with Crippen LogP contribution in [-0.4, -0.2) is 59.3 Å². The highest BCUT2D eigenvalue weighted by atomic mass is 32.1. The molecule has 1 fully saturated rings. The largest absolute Gasteiger partial charge is 0.494 e. The first-order valence-electron chi connectivity index (χ1n) is 10.7. The van der Waals surface area contributed by atoms with Crippen LogP contribution in [0.15, 0.2) is 48.5 Å². The van der Waals surface area contributed by atoms with E-state index in [0.717, 1.165) is 49.0 Å². The molecule has 1 saturated heterocycles. The average Bonchev–Trinajstić information content (AvgIpc) is 3.19. The van der Waals surface area contributed by atoms with Crippen LogP contribution >= 0.6 is 11.3 Å². The summed E-state index contributed by atoms with van der Waals surface area (Å²) in [7, 11) is 0. The Balaban J connectivity index is 1.16. The minimum absolute atomic E-state index is 0.0392. The standard InChI is InChI=1S/C24H27N3O3S/c1-18(28)19-8-10-20(11-9-19)30-16-4-7-24(29)27-14-12-26(13-15-27)17-23-25-21-5-2-3-6-22(21)31-23/h2-3,5-6,8-11H,4,7,12-17H2,1H3. The van der Waals surface area contributed by atoms with Gasteiger partial charge in [0.05, 0.1) is 23.4 Å². The average molecular weight is 438 g/mol. The monoisotopic (exact) mass is 437 g/mol.